The molecule has 1 aromatic carbocycles. The Hall–Kier alpha value is -2.41. The number of aliphatic imine (C=N–C) groups is 1. The number of halogens is 2. The average molecular weight is 503 g/mol. The van der Waals surface area contributed by atoms with E-state index in [9.17, 15) is 9.90 Å². The van der Waals surface area contributed by atoms with Gasteiger partial charge in [-0.05, 0) is 90.5 Å². The zero-order valence-corrected chi connectivity index (χ0v) is 21.7. The van der Waals surface area contributed by atoms with Crippen molar-refractivity contribution in [2.45, 2.75) is 45.6 Å². The molecule has 2 aromatic rings. The highest BCUT2D eigenvalue weighted by atomic mass is 35.5. The summed E-state index contributed by atoms with van der Waals surface area (Å²) < 4.78 is 0. The minimum absolute atomic E-state index is 0.0401. The van der Waals surface area contributed by atoms with Gasteiger partial charge >= 0.3 is 0 Å². The van der Waals surface area contributed by atoms with Crippen molar-refractivity contribution in [2.24, 2.45) is 10.9 Å². The van der Waals surface area contributed by atoms with Gasteiger partial charge in [-0.1, -0.05) is 23.2 Å². The highest BCUT2D eigenvalue weighted by molar-refractivity contribution is 6.37. The number of phenolic OH excluding ortho intramolecular Hbond substituents is 1. The number of allylic oxidation sites excluding steroid dienone is 1. The molecule has 1 aliphatic carbocycles. The minimum atomic E-state index is -0.170. The maximum Gasteiger partial charge on any atom is 0.157 e. The number of aromatic nitrogens is 1. The number of carbonyl (C=O) groups is 1. The Bertz CT molecular complexity index is 1080. The van der Waals surface area contributed by atoms with Crippen LogP contribution in [0.25, 0.3) is 17.0 Å². The highest BCUT2D eigenvalue weighted by Gasteiger charge is 2.25. The predicted molar refractivity (Wildman–Crippen MR) is 141 cm³/mol. The number of carbonyl (C=O) groups excluding carboxylic acids is 1. The molecule has 8 heteroatoms. The first kappa shape index (κ1) is 26.2. The number of pyridine rings is 1. The maximum absolute atomic E-state index is 12.4. The van der Waals surface area contributed by atoms with Crippen molar-refractivity contribution < 1.29 is 9.90 Å². The standard InChI is InChI=1S/C26H32Cl2N4O2/c1-15(16(2)33)24(30-19-8-6-17(7-9-19)14-32(4)5)25-23(29-3)11-10-22(31-25)18-12-20(27)26(34)21(28)13-18/h10-13,17,19,30,34H,3,6-9,14H2,1-2,4-5H3/b24-15-. The molecule has 0 amide bonds. The summed E-state index contributed by atoms with van der Waals surface area (Å²) in [7, 11) is 4.22. The first-order valence-corrected chi connectivity index (χ1v) is 12.2. The zero-order chi connectivity index (χ0) is 25.0. The Balaban J connectivity index is 1.99. The Morgan fingerprint density at radius 3 is 2.32 bits per heavy atom. The van der Waals surface area contributed by atoms with Crippen LogP contribution in [0.1, 0.15) is 45.2 Å². The van der Waals surface area contributed by atoms with Gasteiger partial charge in [0.1, 0.15) is 5.69 Å². The Labute approximate surface area is 211 Å². The van der Waals surface area contributed by atoms with E-state index in [0.717, 1.165) is 32.2 Å². The summed E-state index contributed by atoms with van der Waals surface area (Å²) >= 11 is 12.3. The summed E-state index contributed by atoms with van der Waals surface area (Å²) in [6.45, 7) is 8.14. The second-order valence-corrected chi connectivity index (χ2v) is 10.0. The second kappa shape index (κ2) is 11.3. The van der Waals surface area contributed by atoms with Crippen LogP contribution in [-0.2, 0) is 4.79 Å². The number of nitrogens with zero attached hydrogens (tertiary/aromatic N) is 3. The third kappa shape index (κ3) is 6.17. The van der Waals surface area contributed by atoms with Crippen molar-refractivity contribution in [1.82, 2.24) is 15.2 Å². The second-order valence-electron chi connectivity index (χ2n) is 9.19. The van der Waals surface area contributed by atoms with Crippen LogP contribution in [0.5, 0.6) is 5.75 Å². The van der Waals surface area contributed by atoms with Crippen LogP contribution in [0.4, 0.5) is 5.69 Å². The van der Waals surface area contributed by atoms with Gasteiger partial charge in [0.15, 0.2) is 11.5 Å². The average Bonchev–Trinajstić information content (AvgIpc) is 2.80. The molecule has 0 bridgehead atoms. The largest absolute Gasteiger partial charge is 0.505 e. The van der Waals surface area contributed by atoms with Crippen molar-refractivity contribution in [3.8, 4) is 17.0 Å². The molecule has 0 aliphatic heterocycles. The van der Waals surface area contributed by atoms with Crippen LogP contribution >= 0.6 is 23.2 Å². The van der Waals surface area contributed by atoms with Crippen LogP contribution in [0.15, 0.2) is 34.8 Å². The number of rotatable bonds is 8. The van der Waals surface area contributed by atoms with Crippen molar-refractivity contribution >= 4 is 47.1 Å². The number of hydrogen-bond donors (Lipinski definition) is 2. The molecular weight excluding hydrogens is 471 g/mol. The summed E-state index contributed by atoms with van der Waals surface area (Å²) in [4.78, 5) is 23.7. The molecule has 1 aromatic heterocycles. The van der Waals surface area contributed by atoms with Gasteiger partial charge in [-0.3, -0.25) is 9.79 Å². The number of nitrogens with one attached hydrogen (secondary N) is 1. The van der Waals surface area contributed by atoms with E-state index in [1.807, 2.05) is 6.07 Å². The Morgan fingerprint density at radius 2 is 1.79 bits per heavy atom. The summed E-state index contributed by atoms with van der Waals surface area (Å²) in [6, 6.07) is 7.05. The molecule has 0 unspecified atom stereocenters. The van der Waals surface area contributed by atoms with Gasteiger partial charge in [0, 0.05) is 23.7 Å². The van der Waals surface area contributed by atoms with E-state index in [1.165, 1.54) is 0 Å². The first-order chi connectivity index (χ1) is 16.1. The van der Waals surface area contributed by atoms with Crippen LogP contribution in [0.3, 0.4) is 0 Å². The Kier molecular flexibility index (Phi) is 8.74. The molecule has 1 aliphatic rings. The fourth-order valence-electron chi connectivity index (χ4n) is 4.38. The molecule has 182 valence electrons. The van der Waals surface area contributed by atoms with Gasteiger partial charge in [-0.25, -0.2) is 4.98 Å². The number of phenols is 1. The number of ketones is 1. The summed E-state index contributed by atoms with van der Waals surface area (Å²) in [5, 5.41) is 13.8. The molecule has 0 spiro atoms. The van der Waals surface area contributed by atoms with Gasteiger partial charge in [-0.2, -0.15) is 0 Å². The number of aromatic hydroxyl groups is 1. The monoisotopic (exact) mass is 502 g/mol. The van der Waals surface area contributed by atoms with E-state index in [0.29, 0.717) is 39.8 Å². The lowest BCUT2D eigenvalue weighted by molar-refractivity contribution is -0.113. The Morgan fingerprint density at radius 1 is 1.18 bits per heavy atom. The number of Topliss-reactive ketones (excluding diaryl/α,β-unsaturated/α-hetero) is 1. The molecule has 0 radical (unpaired) electrons. The van der Waals surface area contributed by atoms with Gasteiger partial charge in [0.2, 0.25) is 0 Å². The summed E-state index contributed by atoms with van der Waals surface area (Å²) in [5.74, 6) is 0.475. The van der Waals surface area contributed by atoms with Crippen molar-refractivity contribution in [3.63, 3.8) is 0 Å². The first-order valence-electron chi connectivity index (χ1n) is 11.4. The molecule has 1 fully saturated rings. The normalized spacial score (nSPS) is 19.0. The van der Waals surface area contributed by atoms with Gasteiger partial charge < -0.3 is 15.3 Å². The summed E-state index contributed by atoms with van der Waals surface area (Å²) in [5.41, 5.74) is 3.63. The molecule has 1 heterocycles. The third-order valence-electron chi connectivity index (χ3n) is 6.32. The van der Waals surface area contributed by atoms with Gasteiger partial charge in [0.25, 0.3) is 0 Å². The topological polar surface area (TPSA) is 77.8 Å². The lowest BCUT2D eigenvalue weighted by Gasteiger charge is -2.32. The molecule has 0 saturated heterocycles. The van der Waals surface area contributed by atoms with Crippen molar-refractivity contribution in [3.05, 3.63) is 45.6 Å². The van der Waals surface area contributed by atoms with E-state index < -0.39 is 0 Å². The number of hydrogen-bond acceptors (Lipinski definition) is 6. The minimum Gasteiger partial charge on any atom is -0.505 e. The van der Waals surface area contributed by atoms with Gasteiger partial charge in [-0.15, -0.1) is 0 Å². The molecular formula is C26H32Cl2N4O2. The molecule has 34 heavy (non-hydrogen) atoms. The molecule has 3 rings (SSSR count). The maximum atomic E-state index is 12.4. The van der Waals surface area contributed by atoms with Crippen LogP contribution < -0.4 is 5.32 Å². The van der Waals surface area contributed by atoms with Crippen molar-refractivity contribution in [1.29, 1.82) is 0 Å². The van der Waals surface area contributed by atoms with Crippen LogP contribution in [0, 0.1) is 5.92 Å². The number of benzene rings is 1. The van der Waals surface area contributed by atoms with E-state index in [4.69, 9.17) is 28.2 Å². The summed E-state index contributed by atoms with van der Waals surface area (Å²) in [6.07, 6.45) is 4.30. The van der Waals surface area contributed by atoms with Crippen LogP contribution in [-0.4, -0.2) is 54.2 Å². The quantitative estimate of drug-likeness (QED) is 0.335. The predicted octanol–water partition coefficient (Wildman–Crippen LogP) is 6.12. The van der Waals surface area contributed by atoms with E-state index in [-0.39, 0.29) is 27.6 Å². The molecule has 1 saturated carbocycles. The smallest absolute Gasteiger partial charge is 0.157 e. The SMILES string of the molecule is C=Nc1ccc(-c2cc(Cl)c(O)c(Cl)c2)nc1/C(NC1CCC(CN(C)C)CC1)=C(\C)C(C)=O. The van der Waals surface area contributed by atoms with E-state index >= 15 is 0 Å². The fraction of sp³-hybridized carbons (Fsp3) is 0.423. The van der Waals surface area contributed by atoms with E-state index in [1.54, 1.807) is 32.0 Å². The van der Waals surface area contributed by atoms with Crippen LogP contribution in [0.2, 0.25) is 10.0 Å². The van der Waals surface area contributed by atoms with Crippen molar-refractivity contribution in [2.75, 3.05) is 20.6 Å². The lowest BCUT2D eigenvalue weighted by Crippen LogP contribution is -2.35. The zero-order valence-electron chi connectivity index (χ0n) is 20.2. The van der Waals surface area contributed by atoms with Gasteiger partial charge in [0.05, 0.1) is 27.1 Å². The molecule has 0 atom stereocenters. The molecule has 6 nitrogen and oxygen atoms in total. The lowest BCUT2D eigenvalue weighted by atomic mass is 9.85. The highest BCUT2D eigenvalue weighted by Crippen LogP contribution is 2.37. The molecule has 2 N–H and O–H groups in total. The fourth-order valence-corrected chi connectivity index (χ4v) is 4.86. The third-order valence-corrected chi connectivity index (χ3v) is 6.89. The van der Waals surface area contributed by atoms with E-state index in [2.05, 4.69) is 36.0 Å².